The lowest BCUT2D eigenvalue weighted by atomic mass is 9.98. The number of nitrogens with one attached hydrogen (secondary N) is 1. The molecule has 1 atom stereocenters. The minimum absolute atomic E-state index is 0.697. The summed E-state index contributed by atoms with van der Waals surface area (Å²) in [5, 5.41) is 3.45. The second-order valence-corrected chi connectivity index (χ2v) is 4.29. The highest BCUT2D eigenvalue weighted by atomic mass is 14.9. The van der Waals surface area contributed by atoms with Gasteiger partial charge in [0.25, 0.3) is 0 Å². The zero-order valence-corrected chi connectivity index (χ0v) is 9.54. The van der Waals surface area contributed by atoms with Crippen molar-refractivity contribution in [2.45, 2.75) is 27.7 Å². The molecule has 0 bridgehead atoms. The number of hydrogen-bond acceptors (Lipinski definition) is 2. The van der Waals surface area contributed by atoms with Gasteiger partial charge < -0.3 is 5.32 Å². The van der Waals surface area contributed by atoms with Crippen molar-refractivity contribution >= 4 is 5.69 Å². The van der Waals surface area contributed by atoms with Gasteiger partial charge in [-0.3, -0.25) is 4.98 Å². The Morgan fingerprint density at radius 3 is 2.64 bits per heavy atom. The van der Waals surface area contributed by atoms with Gasteiger partial charge in [0, 0.05) is 24.6 Å². The second-order valence-electron chi connectivity index (χ2n) is 4.29. The second kappa shape index (κ2) is 4.99. The molecule has 1 unspecified atom stereocenters. The number of nitrogens with zero attached hydrogens (tertiary/aromatic N) is 1. The lowest BCUT2D eigenvalue weighted by Crippen LogP contribution is -2.16. The van der Waals surface area contributed by atoms with Gasteiger partial charge in [0.15, 0.2) is 0 Å². The zero-order valence-electron chi connectivity index (χ0n) is 9.54. The minimum atomic E-state index is 0.697. The molecule has 0 radical (unpaired) electrons. The molecule has 0 aliphatic rings. The van der Waals surface area contributed by atoms with Gasteiger partial charge >= 0.3 is 0 Å². The highest BCUT2D eigenvalue weighted by Crippen LogP contribution is 2.15. The van der Waals surface area contributed by atoms with Crippen molar-refractivity contribution in [2.75, 3.05) is 11.9 Å². The fraction of sp³-hybridized carbons (Fsp3) is 0.583. The van der Waals surface area contributed by atoms with E-state index in [1.54, 1.807) is 0 Å². The Labute approximate surface area is 86.8 Å². The standard InChI is InChI=1S/C12H20N2/c1-9(2)10(3)8-14-12-5-6-13-7-11(12)4/h5-7,9-10H,8H2,1-4H3,(H,13,14). The Morgan fingerprint density at radius 1 is 1.36 bits per heavy atom. The van der Waals surface area contributed by atoms with E-state index in [4.69, 9.17) is 0 Å². The zero-order chi connectivity index (χ0) is 10.6. The van der Waals surface area contributed by atoms with Crippen molar-refractivity contribution in [1.82, 2.24) is 4.98 Å². The third-order valence-corrected chi connectivity index (χ3v) is 2.77. The monoisotopic (exact) mass is 192 g/mol. The van der Waals surface area contributed by atoms with Crippen LogP contribution in [0.3, 0.4) is 0 Å². The van der Waals surface area contributed by atoms with Crippen LogP contribution in [0.2, 0.25) is 0 Å². The van der Waals surface area contributed by atoms with Crippen LogP contribution >= 0.6 is 0 Å². The highest BCUT2D eigenvalue weighted by Gasteiger charge is 2.06. The summed E-state index contributed by atoms with van der Waals surface area (Å²) in [6.45, 7) is 9.89. The van der Waals surface area contributed by atoms with E-state index in [1.807, 2.05) is 18.5 Å². The van der Waals surface area contributed by atoms with Gasteiger partial charge in [-0.05, 0) is 30.4 Å². The Morgan fingerprint density at radius 2 is 2.07 bits per heavy atom. The first kappa shape index (κ1) is 11.0. The third-order valence-electron chi connectivity index (χ3n) is 2.77. The van der Waals surface area contributed by atoms with Crippen molar-refractivity contribution in [3.63, 3.8) is 0 Å². The van der Waals surface area contributed by atoms with Gasteiger partial charge in [0.2, 0.25) is 0 Å². The molecule has 0 amide bonds. The van der Waals surface area contributed by atoms with Crippen molar-refractivity contribution in [3.05, 3.63) is 24.0 Å². The molecule has 1 aromatic heterocycles. The molecule has 78 valence electrons. The maximum atomic E-state index is 4.07. The van der Waals surface area contributed by atoms with E-state index in [2.05, 4.69) is 38.0 Å². The van der Waals surface area contributed by atoms with E-state index in [9.17, 15) is 0 Å². The molecule has 1 heterocycles. The molecular formula is C12H20N2. The molecule has 1 N–H and O–H groups in total. The van der Waals surface area contributed by atoms with Crippen molar-refractivity contribution in [2.24, 2.45) is 11.8 Å². The van der Waals surface area contributed by atoms with E-state index >= 15 is 0 Å². The summed E-state index contributed by atoms with van der Waals surface area (Å²) < 4.78 is 0. The van der Waals surface area contributed by atoms with Crippen molar-refractivity contribution in [1.29, 1.82) is 0 Å². The summed E-state index contributed by atoms with van der Waals surface area (Å²) in [4.78, 5) is 4.07. The minimum Gasteiger partial charge on any atom is -0.384 e. The lowest BCUT2D eigenvalue weighted by Gasteiger charge is -2.17. The van der Waals surface area contributed by atoms with E-state index in [0.717, 1.165) is 12.5 Å². The largest absolute Gasteiger partial charge is 0.384 e. The first-order valence-corrected chi connectivity index (χ1v) is 5.25. The van der Waals surface area contributed by atoms with Gasteiger partial charge in [-0.15, -0.1) is 0 Å². The predicted octanol–water partition coefficient (Wildman–Crippen LogP) is 3.09. The van der Waals surface area contributed by atoms with E-state index < -0.39 is 0 Å². The summed E-state index contributed by atoms with van der Waals surface area (Å²) in [5.41, 5.74) is 2.41. The molecule has 0 spiro atoms. The molecule has 1 rings (SSSR count). The van der Waals surface area contributed by atoms with Crippen LogP contribution in [0.4, 0.5) is 5.69 Å². The number of anilines is 1. The Balaban J connectivity index is 2.50. The Hall–Kier alpha value is -1.05. The summed E-state index contributed by atoms with van der Waals surface area (Å²) in [5.74, 6) is 1.42. The number of aryl methyl sites for hydroxylation is 1. The van der Waals surface area contributed by atoms with Crippen LogP contribution in [0.5, 0.6) is 0 Å². The number of hydrogen-bond donors (Lipinski definition) is 1. The maximum Gasteiger partial charge on any atom is 0.0400 e. The van der Waals surface area contributed by atoms with Crippen LogP contribution < -0.4 is 5.32 Å². The van der Waals surface area contributed by atoms with Crippen LogP contribution in [0.15, 0.2) is 18.5 Å². The average Bonchev–Trinajstić information content (AvgIpc) is 2.16. The molecule has 2 nitrogen and oxygen atoms in total. The molecule has 0 fully saturated rings. The number of aromatic nitrogens is 1. The predicted molar refractivity (Wildman–Crippen MR) is 61.5 cm³/mol. The third kappa shape index (κ3) is 3.02. The molecule has 0 aliphatic carbocycles. The van der Waals surface area contributed by atoms with E-state index in [1.165, 1.54) is 11.3 Å². The molecule has 2 heteroatoms. The van der Waals surface area contributed by atoms with Gasteiger partial charge in [-0.2, -0.15) is 0 Å². The van der Waals surface area contributed by atoms with Gasteiger partial charge in [-0.25, -0.2) is 0 Å². The van der Waals surface area contributed by atoms with Crippen LogP contribution in [0.1, 0.15) is 26.3 Å². The summed E-state index contributed by atoms with van der Waals surface area (Å²) in [7, 11) is 0. The lowest BCUT2D eigenvalue weighted by molar-refractivity contribution is 0.439. The Kier molecular flexibility index (Phi) is 3.93. The van der Waals surface area contributed by atoms with Crippen LogP contribution in [-0.2, 0) is 0 Å². The topological polar surface area (TPSA) is 24.9 Å². The molecule has 0 saturated carbocycles. The smallest absolute Gasteiger partial charge is 0.0400 e. The quantitative estimate of drug-likeness (QED) is 0.793. The van der Waals surface area contributed by atoms with Crippen LogP contribution in [0.25, 0.3) is 0 Å². The van der Waals surface area contributed by atoms with Gasteiger partial charge in [-0.1, -0.05) is 20.8 Å². The molecular weight excluding hydrogens is 172 g/mol. The molecule has 0 aliphatic heterocycles. The summed E-state index contributed by atoms with van der Waals surface area (Å²) >= 11 is 0. The first-order valence-electron chi connectivity index (χ1n) is 5.25. The van der Waals surface area contributed by atoms with Gasteiger partial charge in [0.05, 0.1) is 0 Å². The summed E-state index contributed by atoms with van der Waals surface area (Å²) in [6, 6.07) is 2.03. The molecule has 1 aromatic rings. The fourth-order valence-electron chi connectivity index (χ4n) is 1.18. The van der Waals surface area contributed by atoms with Crippen LogP contribution in [-0.4, -0.2) is 11.5 Å². The molecule has 0 aromatic carbocycles. The van der Waals surface area contributed by atoms with E-state index in [0.29, 0.717) is 5.92 Å². The summed E-state index contributed by atoms with van der Waals surface area (Å²) in [6.07, 6.45) is 3.72. The number of rotatable bonds is 4. The highest BCUT2D eigenvalue weighted by molar-refractivity contribution is 5.48. The van der Waals surface area contributed by atoms with Gasteiger partial charge in [0.1, 0.15) is 0 Å². The normalized spacial score (nSPS) is 12.9. The maximum absolute atomic E-state index is 4.07. The fourth-order valence-corrected chi connectivity index (χ4v) is 1.18. The SMILES string of the molecule is Cc1cnccc1NCC(C)C(C)C. The Bertz CT molecular complexity index is 281. The van der Waals surface area contributed by atoms with Crippen molar-refractivity contribution < 1.29 is 0 Å². The average molecular weight is 192 g/mol. The van der Waals surface area contributed by atoms with E-state index in [-0.39, 0.29) is 0 Å². The molecule has 14 heavy (non-hydrogen) atoms. The molecule has 0 saturated heterocycles. The van der Waals surface area contributed by atoms with Crippen LogP contribution in [0, 0.1) is 18.8 Å². The van der Waals surface area contributed by atoms with Crippen molar-refractivity contribution in [3.8, 4) is 0 Å². The number of pyridine rings is 1. The first-order chi connectivity index (χ1) is 6.61.